The van der Waals surface area contributed by atoms with Gasteiger partial charge in [0.1, 0.15) is 0 Å². The van der Waals surface area contributed by atoms with Crippen LogP contribution >= 0.6 is 0 Å². The fourth-order valence-electron chi connectivity index (χ4n) is 3.58. The molecular formula is C16H32N2. The molecule has 2 aliphatic heterocycles. The van der Waals surface area contributed by atoms with Crippen LogP contribution in [0, 0.1) is 5.92 Å². The van der Waals surface area contributed by atoms with Gasteiger partial charge in [-0.2, -0.15) is 0 Å². The van der Waals surface area contributed by atoms with E-state index in [1.807, 2.05) is 0 Å². The van der Waals surface area contributed by atoms with Crippen molar-refractivity contribution in [2.24, 2.45) is 5.92 Å². The molecule has 0 spiro atoms. The lowest BCUT2D eigenvalue weighted by Crippen LogP contribution is -2.64. The molecule has 2 heterocycles. The Labute approximate surface area is 114 Å². The Kier molecular flexibility index (Phi) is 3.81. The monoisotopic (exact) mass is 252 g/mol. The van der Waals surface area contributed by atoms with Crippen LogP contribution in [-0.2, 0) is 0 Å². The Morgan fingerprint density at radius 1 is 0.833 bits per heavy atom. The second kappa shape index (κ2) is 4.79. The second-order valence-corrected chi connectivity index (χ2v) is 8.26. The van der Waals surface area contributed by atoms with E-state index >= 15 is 0 Å². The van der Waals surface area contributed by atoms with Gasteiger partial charge in [0.2, 0.25) is 0 Å². The van der Waals surface area contributed by atoms with Crippen LogP contribution in [0.15, 0.2) is 0 Å². The zero-order valence-corrected chi connectivity index (χ0v) is 13.3. The lowest BCUT2D eigenvalue weighted by molar-refractivity contribution is -0.0648. The average Bonchev–Trinajstić information content (AvgIpc) is 2.12. The highest BCUT2D eigenvalue weighted by Gasteiger charge is 2.43. The summed E-state index contributed by atoms with van der Waals surface area (Å²) in [5.41, 5.74) is 0.699. The third kappa shape index (κ3) is 2.91. The first-order chi connectivity index (χ1) is 8.19. The largest absolute Gasteiger partial charge is 0.298 e. The van der Waals surface area contributed by atoms with Gasteiger partial charge in [0.05, 0.1) is 0 Å². The maximum absolute atomic E-state index is 2.78. The molecule has 2 rings (SSSR count). The van der Waals surface area contributed by atoms with E-state index in [0.29, 0.717) is 11.1 Å². The highest BCUT2D eigenvalue weighted by molar-refractivity contribution is 4.98. The summed E-state index contributed by atoms with van der Waals surface area (Å²) in [4.78, 5) is 5.41. The van der Waals surface area contributed by atoms with E-state index in [4.69, 9.17) is 0 Å². The van der Waals surface area contributed by atoms with Crippen molar-refractivity contribution >= 4 is 0 Å². The minimum atomic E-state index is 0.341. The number of hydrogen-bond acceptors (Lipinski definition) is 2. The van der Waals surface area contributed by atoms with Gasteiger partial charge < -0.3 is 0 Å². The number of likely N-dealkylation sites (tertiary alicyclic amines) is 2. The SMILES string of the molecule is CC(C)(C)N1CC(C2CCCCN2C(C)(C)C)C1. The molecule has 2 nitrogen and oxygen atoms in total. The number of rotatable bonds is 1. The van der Waals surface area contributed by atoms with Crippen LogP contribution in [0.2, 0.25) is 0 Å². The molecule has 1 atom stereocenters. The molecule has 2 saturated heterocycles. The third-order valence-electron chi connectivity index (χ3n) is 4.81. The molecule has 18 heavy (non-hydrogen) atoms. The number of hydrogen-bond donors (Lipinski definition) is 0. The molecule has 0 N–H and O–H groups in total. The molecule has 0 aromatic carbocycles. The Bertz CT molecular complexity index is 278. The molecule has 2 fully saturated rings. The summed E-state index contributed by atoms with van der Waals surface area (Å²) in [5, 5.41) is 0. The van der Waals surface area contributed by atoms with Crippen molar-refractivity contribution in [3.8, 4) is 0 Å². The Balaban J connectivity index is 1.96. The summed E-state index contributed by atoms with van der Waals surface area (Å²) in [5.74, 6) is 0.906. The predicted molar refractivity (Wildman–Crippen MR) is 78.9 cm³/mol. The number of piperidine rings is 1. The summed E-state index contributed by atoms with van der Waals surface area (Å²) < 4.78 is 0. The van der Waals surface area contributed by atoms with E-state index < -0.39 is 0 Å². The van der Waals surface area contributed by atoms with Crippen LogP contribution in [0.3, 0.4) is 0 Å². The Morgan fingerprint density at radius 2 is 1.44 bits per heavy atom. The quantitative estimate of drug-likeness (QED) is 0.706. The van der Waals surface area contributed by atoms with E-state index in [-0.39, 0.29) is 0 Å². The molecule has 1 unspecified atom stereocenters. The van der Waals surface area contributed by atoms with E-state index in [9.17, 15) is 0 Å². The van der Waals surface area contributed by atoms with Gasteiger partial charge in [0, 0.05) is 30.2 Å². The molecule has 0 aromatic heterocycles. The lowest BCUT2D eigenvalue weighted by Gasteiger charge is -2.56. The van der Waals surface area contributed by atoms with Crippen LogP contribution in [0.25, 0.3) is 0 Å². The molecule has 2 heteroatoms. The van der Waals surface area contributed by atoms with Crippen LogP contribution < -0.4 is 0 Å². The van der Waals surface area contributed by atoms with Gasteiger partial charge in [-0.05, 0) is 66.8 Å². The number of nitrogens with zero attached hydrogens (tertiary/aromatic N) is 2. The summed E-state index contributed by atoms with van der Waals surface area (Å²) in [6.07, 6.45) is 4.24. The first-order valence-electron chi connectivity index (χ1n) is 7.71. The van der Waals surface area contributed by atoms with Gasteiger partial charge in [-0.3, -0.25) is 9.80 Å². The topological polar surface area (TPSA) is 6.48 Å². The van der Waals surface area contributed by atoms with Crippen molar-refractivity contribution < 1.29 is 0 Å². The molecular weight excluding hydrogens is 220 g/mol. The van der Waals surface area contributed by atoms with Crippen molar-refractivity contribution in [3.63, 3.8) is 0 Å². The maximum atomic E-state index is 2.78. The normalized spacial score (nSPS) is 29.3. The van der Waals surface area contributed by atoms with Gasteiger partial charge in [0.15, 0.2) is 0 Å². The van der Waals surface area contributed by atoms with Crippen molar-refractivity contribution in [2.75, 3.05) is 19.6 Å². The fourth-order valence-corrected chi connectivity index (χ4v) is 3.58. The second-order valence-electron chi connectivity index (χ2n) is 8.26. The summed E-state index contributed by atoms with van der Waals surface area (Å²) in [7, 11) is 0. The molecule has 0 saturated carbocycles. The first kappa shape index (κ1) is 14.3. The van der Waals surface area contributed by atoms with Gasteiger partial charge >= 0.3 is 0 Å². The minimum absolute atomic E-state index is 0.341. The van der Waals surface area contributed by atoms with Crippen molar-refractivity contribution in [1.29, 1.82) is 0 Å². The average molecular weight is 252 g/mol. The van der Waals surface area contributed by atoms with Gasteiger partial charge in [-0.15, -0.1) is 0 Å². The van der Waals surface area contributed by atoms with Crippen molar-refractivity contribution in [2.45, 2.75) is 77.9 Å². The highest BCUT2D eigenvalue weighted by Crippen LogP contribution is 2.36. The summed E-state index contributed by atoms with van der Waals surface area (Å²) >= 11 is 0. The third-order valence-corrected chi connectivity index (χ3v) is 4.81. The summed E-state index contributed by atoms with van der Waals surface area (Å²) in [6, 6.07) is 0.831. The van der Waals surface area contributed by atoms with E-state index in [0.717, 1.165) is 12.0 Å². The van der Waals surface area contributed by atoms with Crippen LogP contribution in [0.4, 0.5) is 0 Å². The maximum Gasteiger partial charge on any atom is 0.0153 e. The van der Waals surface area contributed by atoms with Crippen LogP contribution in [-0.4, -0.2) is 46.6 Å². The molecule has 0 aliphatic carbocycles. The highest BCUT2D eigenvalue weighted by atomic mass is 15.3. The molecule has 0 aromatic rings. The van der Waals surface area contributed by atoms with Gasteiger partial charge in [0.25, 0.3) is 0 Å². The fraction of sp³-hybridized carbons (Fsp3) is 1.00. The zero-order chi connectivity index (χ0) is 13.6. The smallest absolute Gasteiger partial charge is 0.0153 e. The molecule has 0 amide bonds. The van der Waals surface area contributed by atoms with Crippen LogP contribution in [0.5, 0.6) is 0 Å². The van der Waals surface area contributed by atoms with Crippen molar-refractivity contribution in [3.05, 3.63) is 0 Å². The summed E-state index contributed by atoms with van der Waals surface area (Å²) in [6.45, 7) is 18.1. The molecule has 106 valence electrons. The standard InChI is InChI=1S/C16H32N2/c1-15(2,3)17-11-13(12-17)14-9-7-8-10-18(14)16(4,5)6/h13-14H,7-12H2,1-6H3. The van der Waals surface area contributed by atoms with E-state index in [1.54, 1.807) is 0 Å². The zero-order valence-electron chi connectivity index (χ0n) is 13.3. The lowest BCUT2D eigenvalue weighted by atomic mass is 9.80. The van der Waals surface area contributed by atoms with Gasteiger partial charge in [-0.25, -0.2) is 0 Å². The predicted octanol–water partition coefficient (Wildman–Crippen LogP) is 3.37. The first-order valence-corrected chi connectivity index (χ1v) is 7.71. The Hall–Kier alpha value is -0.0800. The minimum Gasteiger partial charge on any atom is -0.298 e. The van der Waals surface area contributed by atoms with E-state index in [2.05, 4.69) is 51.3 Å². The molecule has 0 radical (unpaired) electrons. The molecule has 2 aliphatic rings. The van der Waals surface area contributed by atoms with Crippen molar-refractivity contribution in [1.82, 2.24) is 9.80 Å². The molecule has 0 bridgehead atoms. The van der Waals surface area contributed by atoms with Gasteiger partial charge in [-0.1, -0.05) is 6.42 Å². The van der Waals surface area contributed by atoms with Crippen LogP contribution in [0.1, 0.15) is 60.8 Å². The Morgan fingerprint density at radius 3 is 1.94 bits per heavy atom. The van der Waals surface area contributed by atoms with E-state index in [1.165, 1.54) is 38.9 Å².